The topological polar surface area (TPSA) is 23.5 Å². The van der Waals surface area contributed by atoms with E-state index in [9.17, 15) is 5.11 Å². The summed E-state index contributed by atoms with van der Waals surface area (Å²) in [4.78, 5) is 2.20. The molecule has 2 heteroatoms. The van der Waals surface area contributed by atoms with Crippen molar-refractivity contribution >= 4 is 0 Å². The summed E-state index contributed by atoms with van der Waals surface area (Å²) in [7, 11) is 4.19. The van der Waals surface area contributed by atoms with Crippen LogP contribution in [0.3, 0.4) is 0 Å². The fourth-order valence-electron chi connectivity index (χ4n) is 1.88. The van der Waals surface area contributed by atoms with Crippen molar-refractivity contribution < 1.29 is 5.11 Å². The fraction of sp³-hybridized carbons (Fsp3) is 0.571. The van der Waals surface area contributed by atoms with Crippen molar-refractivity contribution in [2.24, 2.45) is 0 Å². The molecular weight excluding hydrogens is 198 g/mol. The smallest absolute Gasteiger partial charge is 0.0690 e. The highest BCUT2D eigenvalue weighted by Gasteiger charge is 2.39. The molecule has 0 spiro atoms. The Morgan fingerprint density at radius 2 is 1.69 bits per heavy atom. The fourth-order valence-corrected chi connectivity index (χ4v) is 1.88. The van der Waals surface area contributed by atoms with Crippen molar-refractivity contribution in [3.63, 3.8) is 0 Å². The van der Waals surface area contributed by atoms with E-state index in [2.05, 4.69) is 43.3 Å². The summed E-state index contributed by atoms with van der Waals surface area (Å²) in [5, 5.41) is 9.82. The molecule has 2 nitrogen and oxygen atoms in total. The Labute approximate surface area is 97.9 Å². The average molecular weight is 219 g/mol. The Morgan fingerprint density at radius 1 is 1.12 bits per heavy atom. The van der Waals surface area contributed by atoms with Gasteiger partial charge in [0.15, 0.2) is 0 Å². The van der Waals surface area contributed by atoms with Crippen molar-refractivity contribution in [1.82, 2.24) is 4.90 Å². The van der Waals surface area contributed by atoms with Gasteiger partial charge >= 0.3 is 0 Å². The van der Waals surface area contributed by atoms with Crippen LogP contribution in [-0.4, -0.2) is 36.2 Å². The van der Waals surface area contributed by atoms with Gasteiger partial charge in [-0.3, -0.25) is 0 Å². The second-order valence-corrected chi connectivity index (χ2v) is 5.27. The number of rotatable bonds is 5. The van der Waals surface area contributed by atoms with Crippen molar-refractivity contribution in [3.8, 4) is 0 Å². The van der Waals surface area contributed by atoms with E-state index < -0.39 is 0 Å². The first-order valence-corrected chi connectivity index (χ1v) is 6.02. The van der Waals surface area contributed by atoms with Crippen LogP contribution in [0.15, 0.2) is 24.3 Å². The van der Waals surface area contributed by atoms with Crippen molar-refractivity contribution in [1.29, 1.82) is 0 Å². The van der Waals surface area contributed by atoms with Gasteiger partial charge in [-0.2, -0.15) is 0 Å². The first kappa shape index (κ1) is 11.6. The van der Waals surface area contributed by atoms with Crippen LogP contribution < -0.4 is 0 Å². The molecule has 2 rings (SSSR count). The molecule has 0 amide bonds. The molecule has 0 aliphatic heterocycles. The minimum Gasteiger partial charge on any atom is -0.390 e. The summed E-state index contributed by atoms with van der Waals surface area (Å²) in [5.41, 5.74) is 2.26. The zero-order valence-electron chi connectivity index (χ0n) is 10.2. The Balaban J connectivity index is 1.88. The number of benzene rings is 1. The summed E-state index contributed by atoms with van der Waals surface area (Å²) >= 11 is 0. The van der Waals surface area contributed by atoms with Gasteiger partial charge in [-0.15, -0.1) is 0 Å². The molecule has 0 unspecified atom stereocenters. The number of hydrogen-bond acceptors (Lipinski definition) is 2. The van der Waals surface area contributed by atoms with Gasteiger partial charge in [0.2, 0.25) is 0 Å². The number of aliphatic hydroxyl groups is 1. The first-order chi connectivity index (χ1) is 7.57. The maximum Gasteiger partial charge on any atom is 0.0690 e. The molecule has 16 heavy (non-hydrogen) atoms. The summed E-state index contributed by atoms with van der Waals surface area (Å²) in [6, 6.07) is 8.68. The predicted molar refractivity (Wildman–Crippen MR) is 66.6 cm³/mol. The lowest BCUT2D eigenvalue weighted by molar-refractivity contribution is 0.151. The van der Waals surface area contributed by atoms with Crippen LogP contribution in [0.25, 0.3) is 0 Å². The molecular formula is C14H21NO. The quantitative estimate of drug-likeness (QED) is 0.817. The Morgan fingerprint density at radius 3 is 2.19 bits per heavy atom. The first-order valence-electron chi connectivity index (χ1n) is 6.02. The molecule has 1 aliphatic rings. The van der Waals surface area contributed by atoms with E-state index in [1.54, 1.807) is 0 Å². The monoisotopic (exact) mass is 219 g/mol. The minimum absolute atomic E-state index is 0.370. The largest absolute Gasteiger partial charge is 0.390 e. The SMILES string of the molecule is CN(C)CCc1ccc(CC2(O)CC2)cc1. The van der Waals surface area contributed by atoms with E-state index >= 15 is 0 Å². The maximum absolute atomic E-state index is 9.82. The van der Waals surface area contributed by atoms with Crippen molar-refractivity contribution in [2.75, 3.05) is 20.6 Å². The number of hydrogen-bond donors (Lipinski definition) is 1. The normalized spacial score (nSPS) is 17.8. The highest BCUT2D eigenvalue weighted by atomic mass is 16.3. The van der Waals surface area contributed by atoms with Crippen LogP contribution in [0.4, 0.5) is 0 Å². The molecule has 0 aromatic heterocycles. The molecule has 0 heterocycles. The van der Waals surface area contributed by atoms with E-state index in [0.29, 0.717) is 0 Å². The molecule has 1 N–H and O–H groups in total. The van der Waals surface area contributed by atoms with Gasteiger partial charge in [0.05, 0.1) is 5.60 Å². The molecule has 1 aliphatic carbocycles. The maximum atomic E-state index is 9.82. The predicted octanol–water partition coefficient (Wildman–Crippen LogP) is 1.86. The van der Waals surface area contributed by atoms with E-state index in [4.69, 9.17) is 0 Å². The highest BCUT2D eigenvalue weighted by Crippen LogP contribution is 2.38. The third kappa shape index (κ3) is 3.32. The van der Waals surface area contributed by atoms with Gasteiger partial charge in [0.25, 0.3) is 0 Å². The van der Waals surface area contributed by atoms with Gasteiger partial charge in [0, 0.05) is 13.0 Å². The second kappa shape index (κ2) is 4.56. The Bertz CT molecular complexity index is 338. The standard InChI is InChI=1S/C14H21NO/c1-15(2)10-7-12-3-5-13(6-4-12)11-14(16)8-9-14/h3-6,16H,7-11H2,1-2H3. The van der Waals surface area contributed by atoms with Gasteiger partial charge < -0.3 is 10.0 Å². The van der Waals surface area contributed by atoms with Gasteiger partial charge in [-0.05, 0) is 44.5 Å². The van der Waals surface area contributed by atoms with Crippen LogP contribution in [0.1, 0.15) is 24.0 Å². The third-order valence-electron chi connectivity index (χ3n) is 3.23. The second-order valence-electron chi connectivity index (χ2n) is 5.27. The average Bonchev–Trinajstić information content (AvgIpc) is 2.95. The summed E-state index contributed by atoms with van der Waals surface area (Å²) in [6.07, 6.45) is 3.85. The molecule has 1 aromatic rings. The van der Waals surface area contributed by atoms with E-state index in [1.807, 2.05) is 0 Å². The molecule has 1 fully saturated rings. The molecule has 0 atom stereocenters. The van der Waals surface area contributed by atoms with Crippen LogP contribution in [-0.2, 0) is 12.8 Å². The lowest BCUT2D eigenvalue weighted by Crippen LogP contribution is -2.15. The van der Waals surface area contributed by atoms with Crippen LogP contribution >= 0.6 is 0 Å². The lowest BCUT2D eigenvalue weighted by Gasteiger charge is -2.10. The van der Waals surface area contributed by atoms with Gasteiger partial charge in [0.1, 0.15) is 0 Å². The van der Waals surface area contributed by atoms with Crippen LogP contribution in [0.5, 0.6) is 0 Å². The molecule has 88 valence electrons. The molecule has 1 aromatic carbocycles. The lowest BCUT2D eigenvalue weighted by atomic mass is 10.0. The third-order valence-corrected chi connectivity index (χ3v) is 3.23. The van der Waals surface area contributed by atoms with Gasteiger partial charge in [-0.1, -0.05) is 24.3 Å². The summed E-state index contributed by atoms with van der Waals surface area (Å²) in [6.45, 7) is 1.09. The zero-order valence-corrected chi connectivity index (χ0v) is 10.2. The Hall–Kier alpha value is -0.860. The summed E-state index contributed by atoms with van der Waals surface area (Å²) in [5.74, 6) is 0. The Kier molecular flexibility index (Phi) is 3.31. The van der Waals surface area contributed by atoms with Crippen LogP contribution in [0.2, 0.25) is 0 Å². The molecule has 0 bridgehead atoms. The molecule has 1 saturated carbocycles. The zero-order chi connectivity index (χ0) is 11.6. The highest BCUT2D eigenvalue weighted by molar-refractivity contribution is 5.25. The van der Waals surface area contributed by atoms with Gasteiger partial charge in [-0.25, -0.2) is 0 Å². The minimum atomic E-state index is -0.370. The van der Waals surface area contributed by atoms with E-state index in [0.717, 1.165) is 32.2 Å². The van der Waals surface area contributed by atoms with E-state index in [-0.39, 0.29) is 5.60 Å². The summed E-state index contributed by atoms with van der Waals surface area (Å²) < 4.78 is 0. The number of likely N-dealkylation sites (N-methyl/N-ethyl adjacent to an activating group) is 1. The van der Waals surface area contributed by atoms with Crippen molar-refractivity contribution in [3.05, 3.63) is 35.4 Å². The van der Waals surface area contributed by atoms with Crippen LogP contribution in [0, 0.1) is 0 Å². The molecule has 0 radical (unpaired) electrons. The number of nitrogens with zero attached hydrogens (tertiary/aromatic N) is 1. The van der Waals surface area contributed by atoms with E-state index in [1.165, 1.54) is 11.1 Å². The van der Waals surface area contributed by atoms with Crippen molar-refractivity contribution in [2.45, 2.75) is 31.3 Å². The molecule has 0 saturated heterocycles.